The number of rotatable bonds is 4. The van der Waals surface area contributed by atoms with E-state index in [2.05, 4.69) is 49.3 Å². The van der Waals surface area contributed by atoms with Crippen LogP contribution in [0.15, 0.2) is 36.0 Å². The van der Waals surface area contributed by atoms with Gasteiger partial charge in [-0.25, -0.2) is 4.39 Å². The average Bonchev–Trinajstić information content (AvgIpc) is 2.66. The second-order valence-corrected chi connectivity index (χ2v) is 9.59. The van der Waals surface area contributed by atoms with Crippen molar-refractivity contribution in [2.24, 2.45) is 0 Å². The summed E-state index contributed by atoms with van der Waals surface area (Å²) in [4.78, 5) is 16.7. The van der Waals surface area contributed by atoms with Crippen LogP contribution >= 0.6 is 0 Å². The number of nitrogens with one attached hydrogen (secondary N) is 2. The number of halogens is 1. The molecule has 0 spiro atoms. The number of amides is 1. The van der Waals surface area contributed by atoms with Crippen molar-refractivity contribution in [1.29, 1.82) is 5.26 Å². The minimum Gasteiger partial charge on any atom is -0.387 e. The van der Waals surface area contributed by atoms with E-state index in [1.807, 2.05) is 0 Å². The molecule has 7 heteroatoms. The molecule has 2 heterocycles. The van der Waals surface area contributed by atoms with Gasteiger partial charge in [-0.15, -0.1) is 0 Å². The molecule has 3 rings (SSSR count). The molecule has 0 aliphatic carbocycles. The van der Waals surface area contributed by atoms with Gasteiger partial charge in [0.25, 0.3) is 5.91 Å². The predicted octanol–water partition coefficient (Wildman–Crippen LogP) is 2.78. The summed E-state index contributed by atoms with van der Waals surface area (Å²) < 4.78 is 13.1. The summed E-state index contributed by atoms with van der Waals surface area (Å²) in [6, 6.07) is 8.65. The highest BCUT2D eigenvalue weighted by Crippen LogP contribution is 2.28. The fourth-order valence-electron chi connectivity index (χ4n) is 4.77. The molecular formula is C23H32FN5O. The van der Waals surface area contributed by atoms with E-state index in [1.54, 1.807) is 23.2 Å². The number of carbonyl (C=O) groups excluding carboxylic acids is 1. The summed E-state index contributed by atoms with van der Waals surface area (Å²) in [6.07, 6.45) is 3.42. The molecule has 1 aromatic carbocycles. The maximum atomic E-state index is 13.1. The lowest BCUT2D eigenvalue weighted by molar-refractivity contribution is -0.127. The zero-order valence-electron chi connectivity index (χ0n) is 18.3. The molecule has 2 N–H and O–H groups in total. The Labute approximate surface area is 178 Å². The van der Waals surface area contributed by atoms with Crippen LogP contribution in [0.25, 0.3) is 0 Å². The summed E-state index contributed by atoms with van der Waals surface area (Å²) in [5.41, 5.74) is 1.05. The van der Waals surface area contributed by atoms with Crippen LogP contribution in [0.3, 0.4) is 0 Å². The zero-order valence-corrected chi connectivity index (χ0v) is 18.3. The Balaban J connectivity index is 1.58. The first-order valence-electron chi connectivity index (χ1n) is 10.5. The first-order valence-corrected chi connectivity index (χ1v) is 10.5. The van der Waals surface area contributed by atoms with Crippen LogP contribution in [0.4, 0.5) is 10.1 Å². The molecule has 30 heavy (non-hydrogen) atoms. The minimum absolute atomic E-state index is 0.0131. The molecule has 6 nitrogen and oxygen atoms in total. The molecule has 1 aromatic rings. The maximum absolute atomic E-state index is 13.1. The number of piperazine rings is 1. The number of hydrogen-bond acceptors (Lipinski definition) is 5. The quantitative estimate of drug-likeness (QED) is 0.587. The Kier molecular flexibility index (Phi) is 6.37. The van der Waals surface area contributed by atoms with Crippen LogP contribution in [0.5, 0.6) is 0 Å². The molecule has 0 bridgehead atoms. The summed E-state index contributed by atoms with van der Waals surface area (Å²) >= 11 is 0. The first-order chi connectivity index (χ1) is 14.1. The van der Waals surface area contributed by atoms with Crippen LogP contribution in [0.2, 0.25) is 0 Å². The molecule has 0 atom stereocenters. The zero-order chi connectivity index (χ0) is 21.9. The Bertz CT molecular complexity index is 816. The van der Waals surface area contributed by atoms with E-state index < -0.39 is 0 Å². The summed E-state index contributed by atoms with van der Waals surface area (Å²) in [5, 5.41) is 16.5. The summed E-state index contributed by atoms with van der Waals surface area (Å²) in [5.74, 6) is -0.499. The van der Waals surface area contributed by atoms with Crippen LogP contribution in [-0.4, -0.2) is 54.1 Å². The third-order valence-electron chi connectivity index (χ3n) is 5.76. The van der Waals surface area contributed by atoms with Gasteiger partial charge in [-0.05, 0) is 64.8 Å². The van der Waals surface area contributed by atoms with Gasteiger partial charge in [0.2, 0.25) is 0 Å². The number of nitrogens with zero attached hydrogens (tertiary/aromatic N) is 3. The van der Waals surface area contributed by atoms with Crippen LogP contribution in [-0.2, 0) is 4.79 Å². The predicted molar refractivity (Wildman–Crippen MR) is 116 cm³/mol. The number of nitriles is 1. The fraction of sp³-hybridized carbons (Fsp3) is 0.565. The Morgan fingerprint density at radius 1 is 1.13 bits per heavy atom. The molecule has 1 amide bonds. The Morgan fingerprint density at radius 2 is 1.70 bits per heavy atom. The highest BCUT2D eigenvalue weighted by Gasteiger charge is 2.37. The van der Waals surface area contributed by atoms with Gasteiger partial charge in [0.05, 0.1) is 0 Å². The Hall–Kier alpha value is -2.59. The van der Waals surface area contributed by atoms with E-state index in [-0.39, 0.29) is 34.4 Å². The van der Waals surface area contributed by atoms with Gasteiger partial charge < -0.3 is 20.4 Å². The normalized spacial score (nSPS) is 21.8. The highest BCUT2D eigenvalue weighted by molar-refractivity contribution is 5.97. The van der Waals surface area contributed by atoms with E-state index in [4.69, 9.17) is 0 Å². The average molecular weight is 414 g/mol. The molecule has 2 aliphatic heterocycles. The lowest BCUT2D eigenvalue weighted by Gasteiger charge is -2.46. The van der Waals surface area contributed by atoms with Crippen molar-refractivity contribution in [2.75, 3.05) is 31.1 Å². The summed E-state index contributed by atoms with van der Waals surface area (Å²) in [7, 11) is 0. The van der Waals surface area contributed by atoms with Crippen LogP contribution in [0, 0.1) is 17.1 Å². The molecule has 2 fully saturated rings. The number of anilines is 1. The lowest BCUT2D eigenvalue weighted by atomic mass is 9.79. The lowest BCUT2D eigenvalue weighted by Crippen LogP contribution is -2.61. The van der Waals surface area contributed by atoms with Crippen molar-refractivity contribution in [3.05, 3.63) is 41.9 Å². The van der Waals surface area contributed by atoms with Gasteiger partial charge in [-0.2, -0.15) is 5.26 Å². The smallest absolute Gasteiger partial charge is 0.266 e. The third-order valence-corrected chi connectivity index (χ3v) is 5.76. The second-order valence-electron chi connectivity index (χ2n) is 9.59. The van der Waals surface area contributed by atoms with E-state index in [0.29, 0.717) is 26.2 Å². The molecule has 162 valence electrons. The standard InChI is InChI=1S/C23H32FN5O/c1-22(2)13-19(14-23(3,4)27-22)26-16-17(15-25)21(30)29-11-9-28(10-12-29)20-7-5-18(24)6-8-20/h5-8,16,19,26-27H,9-14H2,1-4H3/b17-16-. The highest BCUT2D eigenvalue weighted by atomic mass is 19.1. The SMILES string of the molecule is CC1(C)CC(N/C=C(/C#N)C(=O)N2CCN(c3ccc(F)cc3)CC2)CC(C)(C)N1. The minimum atomic E-state index is -0.260. The van der Waals surface area contributed by atoms with Gasteiger partial charge in [-0.3, -0.25) is 4.79 Å². The van der Waals surface area contributed by atoms with E-state index in [9.17, 15) is 14.4 Å². The largest absolute Gasteiger partial charge is 0.387 e. The molecule has 0 aromatic heterocycles. The molecule has 0 saturated carbocycles. The number of carbonyl (C=O) groups is 1. The van der Waals surface area contributed by atoms with Gasteiger partial charge in [-0.1, -0.05) is 0 Å². The van der Waals surface area contributed by atoms with Gasteiger partial charge in [0.15, 0.2) is 0 Å². The van der Waals surface area contributed by atoms with Crippen molar-refractivity contribution in [3.63, 3.8) is 0 Å². The molecule has 2 saturated heterocycles. The van der Waals surface area contributed by atoms with Gasteiger partial charge >= 0.3 is 0 Å². The number of piperidine rings is 1. The third kappa shape index (κ3) is 5.51. The fourth-order valence-corrected chi connectivity index (χ4v) is 4.77. The topological polar surface area (TPSA) is 71.4 Å². The Morgan fingerprint density at radius 3 is 2.23 bits per heavy atom. The maximum Gasteiger partial charge on any atom is 0.266 e. The van der Waals surface area contributed by atoms with E-state index in [1.165, 1.54) is 12.1 Å². The van der Waals surface area contributed by atoms with Crippen LogP contribution in [0.1, 0.15) is 40.5 Å². The molecule has 0 radical (unpaired) electrons. The van der Waals surface area contributed by atoms with Crippen molar-refractivity contribution in [3.8, 4) is 6.07 Å². The monoisotopic (exact) mass is 413 g/mol. The van der Waals surface area contributed by atoms with Gasteiger partial charge in [0.1, 0.15) is 17.5 Å². The molecule has 0 unspecified atom stereocenters. The van der Waals surface area contributed by atoms with E-state index in [0.717, 1.165) is 18.5 Å². The molecule has 2 aliphatic rings. The number of benzene rings is 1. The van der Waals surface area contributed by atoms with Crippen molar-refractivity contribution < 1.29 is 9.18 Å². The van der Waals surface area contributed by atoms with Crippen molar-refractivity contribution in [1.82, 2.24) is 15.5 Å². The first kappa shape index (κ1) is 22.1. The van der Waals surface area contributed by atoms with E-state index >= 15 is 0 Å². The van der Waals surface area contributed by atoms with Crippen molar-refractivity contribution >= 4 is 11.6 Å². The molecular weight excluding hydrogens is 381 g/mol. The van der Waals surface area contributed by atoms with Crippen molar-refractivity contribution in [2.45, 2.75) is 57.7 Å². The van der Waals surface area contributed by atoms with Crippen LogP contribution < -0.4 is 15.5 Å². The number of hydrogen-bond donors (Lipinski definition) is 2. The second kappa shape index (κ2) is 8.65. The summed E-state index contributed by atoms with van der Waals surface area (Å²) in [6.45, 7) is 11.0. The van der Waals surface area contributed by atoms with Gasteiger partial charge in [0, 0.05) is 55.2 Å².